The van der Waals surface area contributed by atoms with Crippen LogP contribution < -0.4 is 0 Å². The van der Waals surface area contributed by atoms with Gasteiger partial charge in [0, 0.05) is 0 Å². The van der Waals surface area contributed by atoms with Gasteiger partial charge in [0.25, 0.3) is 0 Å². The molecule has 0 unspecified atom stereocenters. The molecule has 0 bridgehead atoms. The lowest BCUT2D eigenvalue weighted by Gasteiger charge is -2.37. The Kier molecular flexibility index (Phi) is 9.02. The summed E-state index contributed by atoms with van der Waals surface area (Å²) >= 11 is 0. The molecule has 2 saturated carbocycles. The second-order valence-corrected chi connectivity index (χ2v) is 9.20. The molecular formula is C26H38F2. The highest BCUT2D eigenvalue weighted by Gasteiger charge is 2.30. The molecule has 3 rings (SSSR count). The van der Waals surface area contributed by atoms with Gasteiger partial charge < -0.3 is 0 Å². The maximum atomic E-state index is 12.6. The fraction of sp³-hybridized carbons (Fsp3) is 0.692. The number of halogens is 2. The van der Waals surface area contributed by atoms with Crippen molar-refractivity contribution in [2.75, 3.05) is 6.67 Å². The van der Waals surface area contributed by atoms with Gasteiger partial charge in [-0.25, -0.2) is 4.39 Å². The maximum Gasteiger partial charge on any atom is 0.115 e. The molecule has 0 heterocycles. The van der Waals surface area contributed by atoms with Gasteiger partial charge in [-0.05, 0) is 99.0 Å². The number of hydrogen-bond acceptors (Lipinski definition) is 0. The van der Waals surface area contributed by atoms with E-state index >= 15 is 0 Å². The summed E-state index contributed by atoms with van der Waals surface area (Å²) in [6, 6.07) is 8.06. The first-order chi connectivity index (χ1) is 13.8. The summed E-state index contributed by atoms with van der Waals surface area (Å²) in [6.07, 6.45) is 19.7. The number of alkyl halides is 2. The van der Waals surface area contributed by atoms with Gasteiger partial charge in [-0.1, -0.05) is 49.3 Å². The third-order valence-corrected chi connectivity index (χ3v) is 7.31. The van der Waals surface area contributed by atoms with Crippen molar-refractivity contribution >= 4 is 0 Å². The van der Waals surface area contributed by atoms with Gasteiger partial charge in [-0.15, -0.1) is 0 Å². The average Bonchev–Trinajstić information content (AvgIpc) is 2.76. The van der Waals surface area contributed by atoms with Gasteiger partial charge in [0.05, 0.1) is 6.67 Å². The molecule has 2 aliphatic rings. The highest BCUT2D eigenvalue weighted by atomic mass is 19.1. The number of aryl methyl sites for hydroxylation is 1. The van der Waals surface area contributed by atoms with Crippen LogP contribution >= 0.6 is 0 Å². The van der Waals surface area contributed by atoms with Crippen molar-refractivity contribution in [3.05, 3.63) is 47.5 Å². The third-order valence-electron chi connectivity index (χ3n) is 7.31. The third kappa shape index (κ3) is 6.71. The van der Waals surface area contributed by atoms with Crippen molar-refractivity contribution < 1.29 is 8.78 Å². The molecular weight excluding hydrogens is 350 g/mol. The van der Waals surface area contributed by atoms with Crippen LogP contribution in [0.15, 0.2) is 36.4 Å². The molecule has 156 valence electrons. The van der Waals surface area contributed by atoms with E-state index in [0.29, 0.717) is 6.42 Å². The summed E-state index contributed by atoms with van der Waals surface area (Å²) in [5.74, 6) is 3.53. The Morgan fingerprint density at radius 3 is 2.00 bits per heavy atom. The van der Waals surface area contributed by atoms with Crippen LogP contribution in [-0.4, -0.2) is 6.67 Å². The Bertz CT molecular complexity index is 561. The highest BCUT2D eigenvalue weighted by molar-refractivity contribution is 5.22. The summed E-state index contributed by atoms with van der Waals surface area (Å²) in [5, 5.41) is 0. The average molecular weight is 389 g/mol. The molecule has 28 heavy (non-hydrogen) atoms. The molecule has 2 fully saturated rings. The van der Waals surface area contributed by atoms with Crippen LogP contribution in [0.4, 0.5) is 8.78 Å². The van der Waals surface area contributed by atoms with Crippen LogP contribution in [-0.2, 0) is 13.1 Å². The predicted molar refractivity (Wildman–Crippen MR) is 115 cm³/mol. The molecule has 0 radical (unpaired) electrons. The zero-order chi connectivity index (χ0) is 19.6. The van der Waals surface area contributed by atoms with Crippen molar-refractivity contribution in [2.24, 2.45) is 23.7 Å². The summed E-state index contributed by atoms with van der Waals surface area (Å²) in [4.78, 5) is 0. The van der Waals surface area contributed by atoms with E-state index in [0.717, 1.165) is 42.1 Å². The molecule has 2 aliphatic carbocycles. The van der Waals surface area contributed by atoms with Gasteiger partial charge in [0.1, 0.15) is 6.67 Å². The Balaban J connectivity index is 1.32. The van der Waals surface area contributed by atoms with E-state index in [4.69, 9.17) is 0 Å². The second kappa shape index (κ2) is 11.7. The maximum absolute atomic E-state index is 12.6. The van der Waals surface area contributed by atoms with E-state index in [1.807, 2.05) is 12.1 Å². The topological polar surface area (TPSA) is 0 Å². The van der Waals surface area contributed by atoms with Crippen molar-refractivity contribution in [1.29, 1.82) is 0 Å². The standard InChI is InChI=1S/C26H38F2/c27-19-3-1-2-4-21-11-15-25(16-12-21)26-17-13-23(14-18-26)6-5-22-7-9-24(20-28)10-8-22/h2,4,7-10,21,23,25-26H,1,3,5-6,11-20H2/b4-2+. The first kappa shape index (κ1) is 21.5. The molecule has 0 amide bonds. The molecule has 0 N–H and O–H groups in total. The fourth-order valence-electron chi connectivity index (χ4n) is 5.41. The summed E-state index contributed by atoms with van der Waals surface area (Å²) in [7, 11) is 0. The monoisotopic (exact) mass is 388 g/mol. The van der Waals surface area contributed by atoms with Crippen LogP contribution in [0.5, 0.6) is 0 Å². The number of unbranched alkanes of at least 4 members (excludes halogenated alkanes) is 1. The van der Waals surface area contributed by atoms with E-state index in [1.165, 1.54) is 63.4 Å². The quantitative estimate of drug-likeness (QED) is 0.297. The minimum atomic E-state index is -0.359. The van der Waals surface area contributed by atoms with Gasteiger partial charge in [0.2, 0.25) is 0 Å². The lowest BCUT2D eigenvalue weighted by Crippen LogP contribution is -2.25. The van der Waals surface area contributed by atoms with Crippen molar-refractivity contribution in [3.63, 3.8) is 0 Å². The summed E-state index contributed by atoms with van der Waals surface area (Å²) in [6.45, 7) is -0.549. The Morgan fingerprint density at radius 2 is 1.39 bits per heavy atom. The first-order valence-electron chi connectivity index (χ1n) is 11.6. The smallest absolute Gasteiger partial charge is 0.115 e. The van der Waals surface area contributed by atoms with E-state index in [9.17, 15) is 8.78 Å². The highest BCUT2D eigenvalue weighted by Crippen LogP contribution is 2.42. The van der Waals surface area contributed by atoms with Crippen molar-refractivity contribution in [1.82, 2.24) is 0 Å². The Morgan fingerprint density at radius 1 is 0.786 bits per heavy atom. The van der Waals surface area contributed by atoms with E-state index < -0.39 is 0 Å². The summed E-state index contributed by atoms with van der Waals surface area (Å²) in [5.41, 5.74) is 2.14. The van der Waals surface area contributed by atoms with Crippen LogP contribution in [0.3, 0.4) is 0 Å². The largest absolute Gasteiger partial charge is 0.251 e. The molecule has 0 saturated heterocycles. The fourth-order valence-corrected chi connectivity index (χ4v) is 5.41. The molecule has 0 aromatic heterocycles. The van der Waals surface area contributed by atoms with Crippen LogP contribution in [0.25, 0.3) is 0 Å². The molecule has 0 spiro atoms. The molecule has 1 aromatic carbocycles. The lowest BCUT2D eigenvalue weighted by atomic mass is 9.68. The second-order valence-electron chi connectivity index (χ2n) is 9.20. The van der Waals surface area contributed by atoms with Gasteiger partial charge in [-0.2, -0.15) is 0 Å². The minimum Gasteiger partial charge on any atom is -0.251 e. The van der Waals surface area contributed by atoms with Gasteiger partial charge in [-0.3, -0.25) is 4.39 Å². The number of hydrogen-bond donors (Lipinski definition) is 0. The van der Waals surface area contributed by atoms with Crippen LogP contribution in [0.1, 0.15) is 81.8 Å². The summed E-state index contributed by atoms with van der Waals surface area (Å²) < 4.78 is 24.8. The minimum absolute atomic E-state index is 0.189. The normalized spacial score (nSPS) is 28.6. The van der Waals surface area contributed by atoms with E-state index in [-0.39, 0.29) is 13.3 Å². The predicted octanol–water partition coefficient (Wildman–Crippen LogP) is 8.01. The number of rotatable bonds is 9. The lowest BCUT2D eigenvalue weighted by molar-refractivity contribution is 0.152. The zero-order valence-corrected chi connectivity index (χ0v) is 17.4. The van der Waals surface area contributed by atoms with Crippen molar-refractivity contribution in [3.8, 4) is 0 Å². The first-order valence-corrected chi connectivity index (χ1v) is 11.6. The zero-order valence-electron chi connectivity index (χ0n) is 17.4. The Labute approximate surface area is 170 Å². The SMILES string of the molecule is FCCC/C=C/C1CCC(C2CCC(CCc3ccc(CF)cc3)CC2)CC1. The molecule has 0 atom stereocenters. The van der Waals surface area contributed by atoms with Crippen LogP contribution in [0.2, 0.25) is 0 Å². The van der Waals surface area contributed by atoms with Crippen molar-refractivity contribution in [2.45, 2.75) is 83.7 Å². The molecule has 0 aliphatic heterocycles. The van der Waals surface area contributed by atoms with Gasteiger partial charge in [0.15, 0.2) is 0 Å². The molecule has 1 aromatic rings. The number of allylic oxidation sites excluding steroid dienone is 2. The molecule has 2 heteroatoms. The number of benzene rings is 1. The Hall–Kier alpha value is -1.18. The van der Waals surface area contributed by atoms with E-state index in [1.54, 1.807) is 0 Å². The van der Waals surface area contributed by atoms with Gasteiger partial charge >= 0.3 is 0 Å². The van der Waals surface area contributed by atoms with E-state index in [2.05, 4.69) is 24.3 Å². The van der Waals surface area contributed by atoms with Crippen LogP contribution in [0, 0.1) is 23.7 Å². The molecule has 0 nitrogen and oxygen atoms in total.